The van der Waals surface area contributed by atoms with E-state index in [1.165, 1.54) is 0 Å². The summed E-state index contributed by atoms with van der Waals surface area (Å²) in [6.45, 7) is 0. The van der Waals surface area contributed by atoms with Crippen LogP contribution in [0.4, 0.5) is 0 Å². The van der Waals surface area contributed by atoms with Crippen LogP contribution in [0.5, 0.6) is 5.75 Å². The molecule has 0 radical (unpaired) electrons. The fourth-order valence-electron chi connectivity index (χ4n) is 3.16. The largest absolute Gasteiger partial charge is 0.496 e. The number of aliphatic hydroxyl groups is 1. The summed E-state index contributed by atoms with van der Waals surface area (Å²) in [7, 11) is 5.69. The Morgan fingerprint density at radius 1 is 1.32 bits per heavy atom. The Morgan fingerprint density at radius 2 is 1.95 bits per heavy atom. The lowest BCUT2D eigenvalue weighted by atomic mass is 9.84. The van der Waals surface area contributed by atoms with Crippen molar-refractivity contribution in [3.8, 4) is 5.75 Å². The molecule has 1 unspecified atom stereocenters. The highest BCUT2D eigenvalue weighted by Crippen LogP contribution is 2.45. The molecule has 1 atom stereocenters. The number of hydrogen-bond donors (Lipinski definition) is 1. The van der Waals surface area contributed by atoms with Crippen LogP contribution in [0, 0.1) is 0 Å². The summed E-state index contributed by atoms with van der Waals surface area (Å²) in [4.78, 5) is 2.14. The van der Waals surface area contributed by atoms with Crippen LogP contribution in [0.15, 0.2) is 18.2 Å². The lowest BCUT2D eigenvalue weighted by Gasteiger charge is -2.41. The van der Waals surface area contributed by atoms with Crippen molar-refractivity contribution in [2.75, 3.05) is 21.2 Å². The third kappa shape index (κ3) is 2.60. The third-order valence-electron chi connectivity index (χ3n) is 4.36. The van der Waals surface area contributed by atoms with Gasteiger partial charge in [0.25, 0.3) is 0 Å². The minimum Gasteiger partial charge on any atom is -0.496 e. The van der Waals surface area contributed by atoms with Crippen LogP contribution < -0.4 is 4.74 Å². The lowest BCUT2D eigenvalue weighted by Crippen LogP contribution is -2.47. The van der Waals surface area contributed by atoms with E-state index in [4.69, 9.17) is 16.3 Å². The van der Waals surface area contributed by atoms with E-state index in [0.717, 1.165) is 31.2 Å². The second-order valence-electron chi connectivity index (χ2n) is 5.49. The molecule has 1 aromatic rings. The Balaban J connectivity index is 2.42. The quantitative estimate of drug-likeness (QED) is 0.921. The van der Waals surface area contributed by atoms with Crippen molar-refractivity contribution in [1.29, 1.82) is 0 Å². The molecule has 1 N–H and O–H groups in total. The number of benzene rings is 1. The van der Waals surface area contributed by atoms with Crippen molar-refractivity contribution in [1.82, 2.24) is 4.90 Å². The number of likely N-dealkylation sites (N-methyl/N-ethyl adjacent to an activating group) is 1. The summed E-state index contributed by atoms with van der Waals surface area (Å²) in [5, 5.41) is 11.5. The Hall–Kier alpha value is -0.770. The van der Waals surface area contributed by atoms with E-state index in [1.807, 2.05) is 26.2 Å². The van der Waals surface area contributed by atoms with E-state index in [-0.39, 0.29) is 5.54 Å². The van der Waals surface area contributed by atoms with Gasteiger partial charge < -0.3 is 14.7 Å². The maximum Gasteiger partial charge on any atom is 0.124 e. The SMILES string of the molecule is COc1ccc(Cl)cc1C(O)C1(N(C)C)CCCC1. The summed E-state index contributed by atoms with van der Waals surface area (Å²) >= 11 is 6.07. The Morgan fingerprint density at radius 3 is 2.47 bits per heavy atom. The maximum absolute atomic E-state index is 10.9. The molecular weight excluding hydrogens is 262 g/mol. The minimum atomic E-state index is -0.585. The summed E-state index contributed by atoms with van der Waals surface area (Å²) in [5.41, 5.74) is 0.573. The van der Waals surface area contributed by atoms with Gasteiger partial charge in [0.1, 0.15) is 11.9 Å². The van der Waals surface area contributed by atoms with E-state index in [2.05, 4.69) is 4.90 Å². The first kappa shape index (κ1) is 14.6. The molecule has 1 aliphatic carbocycles. The van der Waals surface area contributed by atoms with E-state index < -0.39 is 6.10 Å². The maximum atomic E-state index is 10.9. The van der Waals surface area contributed by atoms with Crippen LogP contribution in [0.2, 0.25) is 5.02 Å². The highest BCUT2D eigenvalue weighted by atomic mass is 35.5. The van der Waals surface area contributed by atoms with Gasteiger partial charge in [-0.15, -0.1) is 0 Å². The van der Waals surface area contributed by atoms with Crippen LogP contribution in [0.25, 0.3) is 0 Å². The van der Waals surface area contributed by atoms with Crippen LogP contribution in [0.3, 0.4) is 0 Å². The number of rotatable bonds is 4. The molecule has 106 valence electrons. The lowest BCUT2D eigenvalue weighted by molar-refractivity contribution is -0.00597. The van der Waals surface area contributed by atoms with E-state index in [9.17, 15) is 5.11 Å². The molecule has 0 aromatic heterocycles. The summed E-state index contributed by atoms with van der Waals surface area (Å²) in [5.74, 6) is 0.699. The first-order valence-electron chi connectivity index (χ1n) is 6.70. The van der Waals surface area contributed by atoms with Gasteiger partial charge in [0.15, 0.2) is 0 Å². The number of halogens is 1. The highest BCUT2D eigenvalue weighted by molar-refractivity contribution is 6.30. The molecular formula is C15H22ClNO2. The highest BCUT2D eigenvalue weighted by Gasteiger charge is 2.44. The molecule has 0 spiro atoms. The standard InChI is InChI=1S/C15H22ClNO2/c1-17(2)15(8-4-5-9-15)14(18)12-10-11(16)6-7-13(12)19-3/h6-7,10,14,18H,4-5,8-9H2,1-3H3. The van der Waals surface area contributed by atoms with Gasteiger partial charge in [-0.3, -0.25) is 0 Å². The predicted octanol–water partition coefficient (Wildman–Crippen LogP) is 3.26. The molecule has 0 aliphatic heterocycles. The fourth-order valence-corrected chi connectivity index (χ4v) is 3.34. The zero-order valence-corrected chi connectivity index (χ0v) is 12.6. The van der Waals surface area contributed by atoms with Gasteiger partial charge in [0, 0.05) is 10.6 Å². The van der Waals surface area contributed by atoms with Gasteiger partial charge in [-0.05, 0) is 45.1 Å². The zero-order valence-electron chi connectivity index (χ0n) is 11.8. The number of hydrogen-bond acceptors (Lipinski definition) is 3. The Kier molecular flexibility index (Phi) is 4.39. The minimum absolute atomic E-state index is 0.210. The molecule has 0 amide bonds. The van der Waals surface area contributed by atoms with Crippen molar-refractivity contribution in [2.45, 2.75) is 37.3 Å². The predicted molar refractivity (Wildman–Crippen MR) is 77.8 cm³/mol. The van der Waals surface area contributed by atoms with Crippen molar-refractivity contribution in [3.63, 3.8) is 0 Å². The topological polar surface area (TPSA) is 32.7 Å². The van der Waals surface area contributed by atoms with Crippen molar-refractivity contribution >= 4 is 11.6 Å². The molecule has 0 saturated heterocycles. The smallest absolute Gasteiger partial charge is 0.124 e. The van der Waals surface area contributed by atoms with Gasteiger partial charge in [-0.25, -0.2) is 0 Å². The average Bonchev–Trinajstić information content (AvgIpc) is 2.88. The summed E-state index contributed by atoms with van der Waals surface area (Å²) in [6.07, 6.45) is 3.71. The molecule has 1 saturated carbocycles. The molecule has 0 heterocycles. The second kappa shape index (κ2) is 5.70. The normalized spacial score (nSPS) is 19.7. The van der Waals surface area contributed by atoms with E-state index in [0.29, 0.717) is 10.8 Å². The van der Waals surface area contributed by atoms with Crippen LogP contribution in [-0.4, -0.2) is 36.8 Å². The first-order chi connectivity index (χ1) is 9.01. The Bertz CT molecular complexity index is 442. The molecule has 3 nitrogen and oxygen atoms in total. The van der Waals surface area contributed by atoms with Gasteiger partial charge in [0.05, 0.1) is 12.6 Å². The number of methoxy groups -OCH3 is 1. The molecule has 1 aromatic carbocycles. The third-order valence-corrected chi connectivity index (χ3v) is 4.59. The molecule has 1 fully saturated rings. The van der Waals surface area contributed by atoms with Gasteiger partial charge in [0.2, 0.25) is 0 Å². The number of nitrogens with zero attached hydrogens (tertiary/aromatic N) is 1. The zero-order chi connectivity index (χ0) is 14.0. The molecule has 4 heteroatoms. The number of aliphatic hydroxyl groups excluding tert-OH is 1. The van der Waals surface area contributed by atoms with Gasteiger partial charge in [-0.1, -0.05) is 24.4 Å². The van der Waals surface area contributed by atoms with Crippen LogP contribution >= 0.6 is 11.6 Å². The molecule has 0 bridgehead atoms. The van der Waals surface area contributed by atoms with Crippen LogP contribution in [0.1, 0.15) is 37.4 Å². The second-order valence-corrected chi connectivity index (χ2v) is 5.93. The van der Waals surface area contributed by atoms with Crippen LogP contribution in [-0.2, 0) is 0 Å². The van der Waals surface area contributed by atoms with Crippen molar-refractivity contribution in [3.05, 3.63) is 28.8 Å². The Labute approximate surface area is 120 Å². The first-order valence-corrected chi connectivity index (χ1v) is 7.08. The molecule has 2 rings (SSSR count). The van der Waals surface area contributed by atoms with Crippen molar-refractivity contribution in [2.24, 2.45) is 0 Å². The summed E-state index contributed by atoms with van der Waals surface area (Å²) in [6, 6.07) is 5.42. The van der Waals surface area contributed by atoms with E-state index in [1.54, 1.807) is 13.2 Å². The van der Waals surface area contributed by atoms with Gasteiger partial charge >= 0.3 is 0 Å². The molecule has 19 heavy (non-hydrogen) atoms. The van der Waals surface area contributed by atoms with Gasteiger partial charge in [-0.2, -0.15) is 0 Å². The fraction of sp³-hybridized carbons (Fsp3) is 0.600. The average molecular weight is 284 g/mol. The van der Waals surface area contributed by atoms with E-state index >= 15 is 0 Å². The summed E-state index contributed by atoms with van der Waals surface area (Å²) < 4.78 is 5.37. The van der Waals surface area contributed by atoms with Crippen molar-refractivity contribution < 1.29 is 9.84 Å². The monoisotopic (exact) mass is 283 g/mol. The molecule has 1 aliphatic rings. The number of ether oxygens (including phenoxy) is 1.